The fourth-order valence-electron chi connectivity index (χ4n) is 10.8. The lowest BCUT2D eigenvalue weighted by Crippen LogP contribution is -2.28. The van der Waals surface area contributed by atoms with Crippen molar-refractivity contribution in [1.82, 2.24) is 20.4 Å². The lowest BCUT2D eigenvalue weighted by atomic mass is 10.1. The molecule has 0 amide bonds. The molecule has 3 heterocycles. The number of benzene rings is 2. The largest absolute Gasteiger partial charge is 0.382 e. The SMILES string of the molecule is CCC(C)S(=O)(=O)c1ccc(-c2cnc(N)c(-c3cc(-c4ccc(CN[C@@H]5CCOC5)cc4)no3)n2)cc1.PP(P)P(P(P)P)P(P(P)P)P(P(P(P(P)P)P(P)P)P(P(P)P)P(P)P)P(P(P(P(P)P)P(P)P)P(P(P)P)P(P)P)P(P(P(P(P(P)P)P(P)P)P(P(P)P)P(P)P)P(P(P(P)P)P(P)P)P(P(P)P)P(P)P)P(P(P(P(P)P)P(P)P)P(P(P)P)P(P)P)P(P(P(P)P)P(P)P)P(P(P)P)P(P)P. The van der Waals surface area contributed by atoms with Gasteiger partial charge in [0.15, 0.2) is 27.1 Å². The molecule has 2 aromatic heterocycles. The maximum absolute atomic E-state index is 12.6. The molecule has 59 atom stereocenters. The van der Waals surface area contributed by atoms with Crippen LogP contribution in [0.1, 0.15) is 32.3 Å². The standard InChI is InChI=1S/C28H31N5O4S.H108P106/c1-3-18(2)38(34,35)23-10-8-21(9-11-23)25-16-31-28(29)27(32-25)26-14-24(33-37-26)20-6-4-19(5-7-20)15-30-22-12-13-36-17-22;1-55(2)82(56(3)4)95(81(53)54)102(96(83(57(5)6)58(7)8)84(59(9)10)60(11)12)105(101(93(77(45)46)78(47)48)94(79(49)50)80(51)52)106(103(97(85(61(13)14)62(15)16)86(63(17)18)64(19)20)98(87(65(21)22)66(23)24)88(67(25)26)68(27)28)104(99(89(69(29)30)70(31)32)90(71(33)34)72(35)36)100(91(73(37)38)74(39)40)92(75(41)42)76(43)44/h4-11,14,16,18,22,30H,3,12-13,15,17H2,1-2H3,(H2,29,31);1-54H2/t18?,22-;/m1./s1. The molecular formula is C28H139N5O4P106S. The number of nitrogens with zero attached hydrogens (tertiary/aromatic N) is 3. The van der Waals surface area contributed by atoms with Crippen molar-refractivity contribution in [3.63, 3.8) is 0 Å². The topological polar surface area (TPSA) is 133 Å². The lowest BCUT2D eigenvalue weighted by Gasteiger charge is -2.64. The molecular weight excluding hydrogens is 3790 g/mol. The first-order valence-electron chi connectivity index (χ1n) is 36.8. The van der Waals surface area contributed by atoms with E-state index in [2.05, 4.69) is 515 Å². The predicted octanol–water partition coefficient (Wildman–Crippen LogP) is 66.9. The fourth-order valence-corrected chi connectivity index (χ4v) is 1600. The zero-order valence-corrected chi connectivity index (χ0v) is 186. The number of anilines is 1. The van der Waals surface area contributed by atoms with Gasteiger partial charge in [-0.15, -0.1) is 482 Å². The van der Waals surface area contributed by atoms with E-state index in [0.29, 0.717) is 35.3 Å². The molecule has 1 aliphatic rings. The first-order chi connectivity index (χ1) is 66.5. The summed E-state index contributed by atoms with van der Waals surface area (Å²) in [6, 6.07) is 17.0. The van der Waals surface area contributed by atoms with Crippen molar-refractivity contribution in [2.24, 2.45) is 0 Å². The summed E-state index contributed by atoms with van der Waals surface area (Å²) < 4.78 is 36.3. The molecule has 0 aliphatic carbocycles. The Balaban J connectivity index is 0.000000929. The molecule has 116 heteroatoms. The van der Waals surface area contributed by atoms with E-state index < -0.39 is 378 Å². The van der Waals surface area contributed by atoms with Gasteiger partial charge in [-0.25, -0.2) is 18.4 Å². The van der Waals surface area contributed by atoms with Gasteiger partial charge in [0.2, 0.25) is 0 Å². The Labute approximate surface area is 1050 Å². The van der Waals surface area contributed by atoms with Gasteiger partial charge in [-0.2, -0.15) is 0 Å². The third-order valence-corrected chi connectivity index (χ3v) is 772. The summed E-state index contributed by atoms with van der Waals surface area (Å²) in [5, 5.41) is 7.27. The van der Waals surface area contributed by atoms with Gasteiger partial charge in [0.1, 0.15) is 5.69 Å². The van der Waals surface area contributed by atoms with Crippen LogP contribution < -0.4 is 11.1 Å². The third-order valence-electron chi connectivity index (χ3n) is 16.3. The van der Waals surface area contributed by atoms with Crippen LogP contribution in [0, 0.1) is 0 Å². The van der Waals surface area contributed by atoms with Crippen LogP contribution >= 0.6 is 845 Å². The van der Waals surface area contributed by atoms with E-state index in [-0.39, 0.29) is 10.7 Å². The Kier molecular flexibility index (Phi) is 116. The molecule has 4 aromatic rings. The second-order valence-electron chi connectivity index (χ2n) is 26.5. The van der Waals surface area contributed by atoms with Gasteiger partial charge in [-0.05, 0) is 401 Å². The molecule has 836 valence electrons. The highest BCUT2D eigenvalue weighted by molar-refractivity contribution is 9.61. The van der Waals surface area contributed by atoms with Gasteiger partial charge >= 0.3 is 0 Å². The van der Waals surface area contributed by atoms with Crippen molar-refractivity contribution in [3.8, 4) is 34.0 Å². The number of ether oxygens (including phenoxy) is 1. The maximum Gasteiger partial charge on any atom is 0.189 e. The number of sulfone groups is 1. The molecule has 0 radical (unpaired) electrons. The van der Waals surface area contributed by atoms with Crippen LogP contribution in [0.5, 0.6) is 0 Å². The number of nitrogen functional groups attached to an aromatic ring is 1. The van der Waals surface area contributed by atoms with Gasteiger partial charge < -0.3 is 20.3 Å². The van der Waals surface area contributed by atoms with Crippen LogP contribution in [0.25, 0.3) is 34.0 Å². The number of aromatic nitrogens is 3. The minimum Gasteiger partial charge on any atom is -0.382 e. The molecule has 0 saturated carbocycles. The summed E-state index contributed by atoms with van der Waals surface area (Å²) in [4.78, 5) is 9.22. The number of rotatable bonds is 60. The highest BCUT2D eigenvalue weighted by Gasteiger charge is 2.69. The van der Waals surface area contributed by atoms with E-state index in [0.717, 1.165) is 37.3 Å². The summed E-state index contributed by atoms with van der Waals surface area (Å²) >= 11 is 0. The molecule has 0 bridgehead atoms. The van der Waals surface area contributed by atoms with E-state index in [1.54, 1.807) is 43.5 Å². The Morgan fingerprint density at radius 3 is 0.757 bits per heavy atom. The quantitative estimate of drug-likeness (QED) is 0.0415. The van der Waals surface area contributed by atoms with Gasteiger partial charge in [0.05, 0.1) is 28.6 Å². The zero-order valence-electron chi connectivity index (χ0n) is 75.9. The Morgan fingerprint density at radius 1 is 0.319 bits per heavy atom. The lowest BCUT2D eigenvalue weighted by molar-refractivity contribution is 0.190. The predicted molar refractivity (Wildman–Crippen MR) is 1030 cm³/mol. The van der Waals surface area contributed by atoms with Gasteiger partial charge in [-0.3, -0.25) is 0 Å². The molecule has 3 N–H and O–H groups in total. The van der Waals surface area contributed by atoms with E-state index in [1.165, 1.54) is 5.56 Å². The highest BCUT2D eigenvalue weighted by atomic mass is 33.7. The number of nitrogens with one attached hydrogen (secondary N) is 1. The third kappa shape index (κ3) is 58.0. The van der Waals surface area contributed by atoms with Crippen LogP contribution in [0.15, 0.2) is 70.2 Å². The second kappa shape index (κ2) is 94.1. The molecule has 5 rings (SSSR count). The minimum absolute atomic E-state index is 0.213. The Hall–Kier alpha value is 42.0. The zero-order chi connectivity index (χ0) is 111. The van der Waals surface area contributed by atoms with Crippen LogP contribution in [-0.2, 0) is 21.1 Å². The Bertz CT molecular complexity index is 3960. The van der Waals surface area contributed by atoms with Crippen LogP contribution in [0.3, 0.4) is 0 Å². The van der Waals surface area contributed by atoms with Gasteiger partial charge in [-0.1, -0.05) is 48.5 Å². The van der Waals surface area contributed by atoms with E-state index in [4.69, 9.17) is 15.0 Å². The highest BCUT2D eigenvalue weighted by Crippen LogP contribution is 3.55. The first-order valence-corrected chi connectivity index (χ1v) is 232. The van der Waals surface area contributed by atoms with Gasteiger partial charge in [0, 0.05) is 36.4 Å². The average Bonchev–Trinajstić information content (AvgIpc) is 0.884. The molecule has 1 aliphatic heterocycles. The van der Waals surface area contributed by atoms with Crippen LogP contribution in [-0.4, -0.2) is 48.0 Å². The molecule has 58 unspecified atom stereocenters. The Morgan fingerprint density at radius 2 is 0.535 bits per heavy atom. The second-order valence-corrected chi connectivity index (χ2v) is 470. The molecule has 144 heavy (non-hydrogen) atoms. The average molecular weight is 3930 g/mol. The van der Waals surface area contributed by atoms with Crippen molar-refractivity contribution in [3.05, 3.63) is 66.4 Å². The smallest absolute Gasteiger partial charge is 0.189 e. The summed E-state index contributed by atoms with van der Waals surface area (Å²) in [6.07, 6.45) is 3.14. The van der Waals surface area contributed by atoms with Crippen molar-refractivity contribution in [2.45, 2.75) is 49.4 Å². The molecule has 2 aromatic carbocycles. The van der Waals surface area contributed by atoms with E-state index >= 15 is 0 Å². The number of hydrogen-bond acceptors (Lipinski definition) is 9. The normalized spacial score (nSPS) is 15.8. The minimum atomic E-state index is -3.37. The maximum atomic E-state index is 12.6. The van der Waals surface area contributed by atoms with Gasteiger partial charge in [0.25, 0.3) is 0 Å². The summed E-state index contributed by atoms with van der Waals surface area (Å²) in [5.74, 6) is 0.611. The van der Waals surface area contributed by atoms with Crippen molar-refractivity contribution < 1.29 is 17.7 Å². The van der Waals surface area contributed by atoms with Crippen molar-refractivity contribution in [1.29, 1.82) is 0 Å². The molecule has 0 spiro atoms. The summed E-state index contributed by atoms with van der Waals surface area (Å²) in [7, 11) is 204. The van der Waals surface area contributed by atoms with Crippen LogP contribution in [0.4, 0.5) is 5.82 Å². The number of hydrogen-bond donors (Lipinski definition) is 2. The summed E-state index contributed by atoms with van der Waals surface area (Å²) in [5.41, 5.74) is 10.5. The molecule has 9 nitrogen and oxygen atoms in total. The first kappa shape index (κ1) is 178. The van der Waals surface area contributed by atoms with Crippen LogP contribution in [0.2, 0.25) is 0 Å². The number of nitrogens with two attached hydrogens (primary N) is 1. The molecule has 1 saturated heterocycles. The summed E-state index contributed by atoms with van der Waals surface area (Å²) in [6.45, 7) is -19.3. The van der Waals surface area contributed by atoms with Crippen molar-refractivity contribution in [2.75, 3.05) is 18.9 Å². The fraction of sp³-hybridized carbons (Fsp3) is 0.321. The monoisotopic (exact) mass is 3930 g/mol. The van der Waals surface area contributed by atoms with E-state index in [9.17, 15) is 8.42 Å². The molecule has 1 fully saturated rings. The van der Waals surface area contributed by atoms with Crippen molar-refractivity contribution >= 4 is 861 Å². The van der Waals surface area contributed by atoms with E-state index in [1.807, 2.05) is 19.1 Å².